The van der Waals surface area contributed by atoms with Gasteiger partial charge >= 0.3 is 0 Å². The molecule has 0 radical (unpaired) electrons. The van der Waals surface area contributed by atoms with Crippen molar-refractivity contribution in [2.24, 2.45) is 0 Å². The molecule has 0 unspecified atom stereocenters. The molecule has 1 N–H and O–H groups in total. The van der Waals surface area contributed by atoms with E-state index < -0.39 is 5.60 Å². The normalized spacial score (nSPS) is 12.4. The molecule has 0 saturated heterocycles. The van der Waals surface area contributed by atoms with E-state index in [0.717, 1.165) is 0 Å². The van der Waals surface area contributed by atoms with E-state index >= 15 is 0 Å². The lowest BCUT2D eigenvalue weighted by molar-refractivity contribution is 0.0397. The van der Waals surface area contributed by atoms with E-state index in [4.69, 9.17) is 9.26 Å². The second kappa shape index (κ2) is 5.38. The zero-order chi connectivity index (χ0) is 12.2. The van der Waals surface area contributed by atoms with E-state index in [-0.39, 0.29) is 0 Å². The molecule has 6 nitrogen and oxygen atoms in total. The Kier molecular flexibility index (Phi) is 4.40. The molecule has 1 aromatic rings. The molecular formula is C10H19N3O3. The molecule has 6 heteroatoms. The summed E-state index contributed by atoms with van der Waals surface area (Å²) in [5.74, 6) is 1.06. The fraction of sp³-hybridized carbons (Fsp3) is 0.800. The Balaban J connectivity index is 2.46. The van der Waals surface area contributed by atoms with Crippen LogP contribution in [0.2, 0.25) is 0 Å². The average Bonchev–Trinajstić information content (AvgIpc) is 2.49. The lowest BCUT2D eigenvalue weighted by Crippen LogP contribution is -2.35. The first kappa shape index (κ1) is 13.1. The highest BCUT2D eigenvalue weighted by Crippen LogP contribution is 2.07. The molecule has 0 amide bonds. The van der Waals surface area contributed by atoms with Crippen LogP contribution in [-0.4, -0.2) is 46.5 Å². The SMILES string of the molecule is COCc1noc(CN(C)CC(C)(C)O)n1. The highest BCUT2D eigenvalue weighted by molar-refractivity contribution is 4.85. The highest BCUT2D eigenvalue weighted by Gasteiger charge is 2.17. The Bertz CT molecular complexity index is 319. The lowest BCUT2D eigenvalue weighted by Gasteiger charge is -2.23. The van der Waals surface area contributed by atoms with Gasteiger partial charge in [0.05, 0.1) is 12.1 Å². The Hall–Kier alpha value is -0.980. The maximum atomic E-state index is 9.63. The smallest absolute Gasteiger partial charge is 0.240 e. The summed E-state index contributed by atoms with van der Waals surface area (Å²) >= 11 is 0. The third kappa shape index (κ3) is 4.69. The molecule has 0 aliphatic carbocycles. The van der Waals surface area contributed by atoms with Gasteiger partial charge in [-0.25, -0.2) is 0 Å². The molecule has 1 rings (SSSR count). The van der Waals surface area contributed by atoms with E-state index in [1.807, 2.05) is 11.9 Å². The molecule has 1 aromatic heterocycles. The van der Waals surface area contributed by atoms with Gasteiger partial charge in [0.1, 0.15) is 6.61 Å². The largest absolute Gasteiger partial charge is 0.389 e. The zero-order valence-electron chi connectivity index (χ0n) is 10.2. The maximum absolute atomic E-state index is 9.63. The van der Waals surface area contributed by atoms with Crippen LogP contribution in [0.3, 0.4) is 0 Å². The molecule has 92 valence electrons. The summed E-state index contributed by atoms with van der Waals surface area (Å²) in [6, 6.07) is 0. The highest BCUT2D eigenvalue weighted by atomic mass is 16.5. The summed E-state index contributed by atoms with van der Waals surface area (Å²) < 4.78 is 9.93. The first-order chi connectivity index (χ1) is 7.40. The molecule has 16 heavy (non-hydrogen) atoms. The van der Waals surface area contributed by atoms with Crippen LogP contribution in [0.1, 0.15) is 25.6 Å². The number of hydrogen-bond acceptors (Lipinski definition) is 6. The first-order valence-corrected chi connectivity index (χ1v) is 5.12. The van der Waals surface area contributed by atoms with Gasteiger partial charge in [0.15, 0.2) is 5.82 Å². The predicted molar refractivity (Wildman–Crippen MR) is 57.6 cm³/mol. The van der Waals surface area contributed by atoms with Gasteiger partial charge in [-0.3, -0.25) is 4.90 Å². The van der Waals surface area contributed by atoms with Gasteiger partial charge in [0.2, 0.25) is 5.89 Å². The molecule has 0 atom stereocenters. The van der Waals surface area contributed by atoms with Crippen LogP contribution in [0, 0.1) is 0 Å². The van der Waals surface area contributed by atoms with E-state index in [1.165, 1.54) is 0 Å². The number of hydrogen-bond donors (Lipinski definition) is 1. The second-order valence-electron chi connectivity index (χ2n) is 4.52. The summed E-state index contributed by atoms with van der Waals surface area (Å²) in [5.41, 5.74) is -0.732. The molecule has 0 fully saturated rings. The van der Waals surface area contributed by atoms with Crippen LogP contribution >= 0.6 is 0 Å². The van der Waals surface area contributed by atoms with Crippen molar-refractivity contribution in [3.8, 4) is 0 Å². The summed E-state index contributed by atoms with van der Waals surface area (Å²) in [5, 5.41) is 13.4. The van der Waals surface area contributed by atoms with Crippen LogP contribution in [0.4, 0.5) is 0 Å². The van der Waals surface area contributed by atoms with Gasteiger partial charge in [-0.05, 0) is 20.9 Å². The van der Waals surface area contributed by atoms with Crippen LogP contribution in [0.15, 0.2) is 4.52 Å². The van der Waals surface area contributed by atoms with Crippen molar-refractivity contribution in [1.82, 2.24) is 15.0 Å². The molecule has 1 heterocycles. The fourth-order valence-corrected chi connectivity index (χ4v) is 1.49. The molecule has 0 bridgehead atoms. The van der Waals surface area contributed by atoms with Crippen LogP contribution < -0.4 is 0 Å². The molecule has 0 aliphatic heterocycles. The quantitative estimate of drug-likeness (QED) is 0.762. The lowest BCUT2D eigenvalue weighted by atomic mass is 10.1. The average molecular weight is 229 g/mol. The summed E-state index contributed by atoms with van der Waals surface area (Å²) in [6.07, 6.45) is 0. The van der Waals surface area contributed by atoms with E-state index in [2.05, 4.69) is 10.1 Å². The van der Waals surface area contributed by atoms with Crippen molar-refractivity contribution in [2.75, 3.05) is 20.7 Å². The first-order valence-electron chi connectivity index (χ1n) is 5.12. The molecule has 0 saturated carbocycles. The summed E-state index contributed by atoms with van der Waals surface area (Å²) in [4.78, 5) is 6.06. The van der Waals surface area contributed by atoms with Gasteiger partial charge < -0.3 is 14.4 Å². The van der Waals surface area contributed by atoms with Crippen molar-refractivity contribution in [2.45, 2.75) is 32.6 Å². The van der Waals surface area contributed by atoms with Crippen LogP contribution in [-0.2, 0) is 17.9 Å². The third-order valence-corrected chi connectivity index (χ3v) is 1.85. The maximum Gasteiger partial charge on any atom is 0.240 e. The Morgan fingerprint density at radius 1 is 1.50 bits per heavy atom. The van der Waals surface area contributed by atoms with Gasteiger partial charge in [0, 0.05) is 13.7 Å². The monoisotopic (exact) mass is 229 g/mol. The Morgan fingerprint density at radius 3 is 2.75 bits per heavy atom. The number of nitrogens with zero attached hydrogens (tertiary/aromatic N) is 3. The van der Waals surface area contributed by atoms with E-state index in [1.54, 1.807) is 21.0 Å². The van der Waals surface area contributed by atoms with Crippen molar-refractivity contribution < 1.29 is 14.4 Å². The topological polar surface area (TPSA) is 71.6 Å². The van der Waals surface area contributed by atoms with Crippen LogP contribution in [0.5, 0.6) is 0 Å². The Labute approximate surface area is 95.2 Å². The number of methoxy groups -OCH3 is 1. The standard InChI is InChI=1S/C10H19N3O3/c1-10(2,14)7-13(3)5-9-11-8(6-15-4)12-16-9/h14H,5-7H2,1-4H3. The molecule has 0 aliphatic rings. The van der Waals surface area contributed by atoms with Crippen LogP contribution in [0.25, 0.3) is 0 Å². The minimum absolute atomic E-state index is 0.346. The molecular weight excluding hydrogens is 210 g/mol. The number of likely N-dealkylation sites (N-methyl/N-ethyl adjacent to an activating group) is 1. The number of aliphatic hydroxyl groups is 1. The summed E-state index contributed by atoms with van der Waals surface area (Å²) in [7, 11) is 3.47. The second-order valence-corrected chi connectivity index (χ2v) is 4.52. The van der Waals surface area contributed by atoms with Crippen molar-refractivity contribution >= 4 is 0 Å². The van der Waals surface area contributed by atoms with Gasteiger partial charge in [0.25, 0.3) is 0 Å². The zero-order valence-corrected chi connectivity index (χ0v) is 10.2. The molecule has 0 aromatic carbocycles. The van der Waals surface area contributed by atoms with E-state index in [9.17, 15) is 5.11 Å². The van der Waals surface area contributed by atoms with Gasteiger partial charge in [-0.2, -0.15) is 4.98 Å². The minimum Gasteiger partial charge on any atom is -0.389 e. The summed E-state index contributed by atoms with van der Waals surface area (Å²) in [6.45, 7) is 4.91. The third-order valence-electron chi connectivity index (χ3n) is 1.85. The Morgan fingerprint density at radius 2 is 2.19 bits per heavy atom. The van der Waals surface area contributed by atoms with E-state index in [0.29, 0.717) is 31.4 Å². The van der Waals surface area contributed by atoms with Crippen molar-refractivity contribution in [1.29, 1.82) is 0 Å². The van der Waals surface area contributed by atoms with Crippen molar-refractivity contribution in [3.63, 3.8) is 0 Å². The predicted octanol–water partition coefficient (Wildman–Crippen LogP) is 0.419. The minimum atomic E-state index is -0.732. The number of rotatable bonds is 6. The fourth-order valence-electron chi connectivity index (χ4n) is 1.49. The molecule has 0 spiro atoms. The van der Waals surface area contributed by atoms with Gasteiger partial charge in [-0.1, -0.05) is 5.16 Å². The number of aromatic nitrogens is 2. The van der Waals surface area contributed by atoms with Crippen molar-refractivity contribution in [3.05, 3.63) is 11.7 Å². The number of ether oxygens (including phenoxy) is 1. The van der Waals surface area contributed by atoms with Gasteiger partial charge in [-0.15, -0.1) is 0 Å².